The summed E-state index contributed by atoms with van der Waals surface area (Å²) in [7, 11) is 0. The lowest BCUT2D eigenvalue weighted by atomic mass is 9.97. The molecule has 1 unspecified atom stereocenters. The number of hydrogen-bond donors (Lipinski definition) is 1. The molecule has 0 bridgehead atoms. The number of rotatable bonds is 11. The molecule has 1 aliphatic carbocycles. The van der Waals surface area contributed by atoms with Crippen molar-refractivity contribution in [2.45, 2.75) is 175 Å². The van der Waals surface area contributed by atoms with Gasteiger partial charge in [-0.15, -0.1) is 0 Å². The number of nitrogens with zero attached hydrogens (tertiary/aromatic N) is 7. The Balaban J connectivity index is 1.47. The van der Waals surface area contributed by atoms with Crippen molar-refractivity contribution >= 4 is 65.2 Å². The summed E-state index contributed by atoms with van der Waals surface area (Å²) in [4.78, 5) is 81.7. The zero-order chi connectivity index (χ0) is 49.6. The van der Waals surface area contributed by atoms with Gasteiger partial charge < -0.3 is 29.0 Å². The number of halogens is 2. The van der Waals surface area contributed by atoms with Crippen LogP contribution in [0.15, 0.2) is 36.8 Å². The van der Waals surface area contributed by atoms with Gasteiger partial charge in [-0.2, -0.15) is 10.00 Å². The predicted octanol–water partition coefficient (Wildman–Crippen LogP) is 10.1. The van der Waals surface area contributed by atoms with E-state index < -0.39 is 64.6 Å². The van der Waals surface area contributed by atoms with Gasteiger partial charge in [0.1, 0.15) is 34.6 Å². The van der Waals surface area contributed by atoms with E-state index >= 15 is 0 Å². The van der Waals surface area contributed by atoms with Crippen LogP contribution < -0.4 is 15.1 Å². The number of hydrogen-bond acceptors (Lipinski definition) is 14. The van der Waals surface area contributed by atoms with E-state index in [0.29, 0.717) is 48.5 Å². The number of carbonyl (C=O) groups excluding carboxylic acids is 5. The fourth-order valence-electron chi connectivity index (χ4n) is 7.26. The average Bonchev–Trinajstić information content (AvgIpc) is 3.88. The number of esters is 1. The second-order valence-electron chi connectivity index (χ2n) is 20.7. The van der Waals surface area contributed by atoms with Crippen LogP contribution in [0.5, 0.6) is 0 Å². The molecule has 368 valence electrons. The summed E-state index contributed by atoms with van der Waals surface area (Å²) >= 11 is 13.3. The summed E-state index contributed by atoms with van der Waals surface area (Å²) in [5, 5.41) is 8.53. The fourth-order valence-corrected chi connectivity index (χ4v) is 7.78. The summed E-state index contributed by atoms with van der Waals surface area (Å²) in [6.45, 7) is 21.0. The van der Waals surface area contributed by atoms with Gasteiger partial charge in [0.2, 0.25) is 0 Å². The summed E-state index contributed by atoms with van der Waals surface area (Å²) in [6.07, 6.45) is 5.27. The number of piperidine rings is 1. The Labute approximate surface area is 403 Å². The molecule has 1 aromatic carbocycles. The Morgan fingerprint density at radius 2 is 1.33 bits per heavy atom. The standard InChI is InChI=1S/C47H66Cl2N8O10/c1-44(2,3)64-40(59)55-22-20-30(24-36(55)39(58)63-31-16-13-14-17-31)50-21-23-54-27-29(25-52-54)35-26-51-37(57(42(61)66-46(7,8)9)43(62)67-47(10,11)12)38(53-35)56(41(60)65-45(4,5)6)28-32-33(48)18-15-19-34(32)49/h15,18-19,25-27,30-31,36,50H,13-14,16-17,20-24,28H2,1-12H3/t30?,36-/m1/s1. The van der Waals surface area contributed by atoms with Crippen LogP contribution in [0.4, 0.5) is 30.8 Å². The number of nitrogens with one attached hydrogen (secondary N) is 1. The molecule has 1 saturated heterocycles. The van der Waals surface area contributed by atoms with Crippen LogP contribution in [0.2, 0.25) is 10.0 Å². The normalized spacial score (nSPS) is 17.1. The summed E-state index contributed by atoms with van der Waals surface area (Å²) in [5.74, 6) is -1.11. The minimum atomic E-state index is -1.14. The summed E-state index contributed by atoms with van der Waals surface area (Å²) in [5.41, 5.74) is -2.86. The van der Waals surface area contributed by atoms with Crippen LogP contribution in [0.25, 0.3) is 11.3 Å². The van der Waals surface area contributed by atoms with Crippen LogP contribution in [-0.2, 0) is 41.6 Å². The van der Waals surface area contributed by atoms with Gasteiger partial charge in [-0.1, -0.05) is 29.3 Å². The third-order valence-electron chi connectivity index (χ3n) is 10.1. The Bertz CT molecular complexity index is 2210. The smallest absolute Gasteiger partial charge is 0.425 e. The number of carbonyl (C=O) groups is 5. The first-order valence-corrected chi connectivity index (χ1v) is 23.4. The van der Waals surface area contributed by atoms with E-state index in [2.05, 4.69) is 15.4 Å². The highest BCUT2D eigenvalue weighted by atomic mass is 35.5. The zero-order valence-corrected chi connectivity index (χ0v) is 42.2. The topological polar surface area (TPSA) is 197 Å². The third-order valence-corrected chi connectivity index (χ3v) is 10.8. The van der Waals surface area contributed by atoms with Gasteiger partial charge in [-0.3, -0.25) is 14.5 Å². The van der Waals surface area contributed by atoms with Crippen LogP contribution >= 0.6 is 23.2 Å². The van der Waals surface area contributed by atoms with Crippen LogP contribution in [0.3, 0.4) is 0 Å². The van der Waals surface area contributed by atoms with Crippen LogP contribution in [0.1, 0.15) is 127 Å². The minimum absolute atomic E-state index is 0.112. The molecule has 20 heteroatoms. The molecule has 18 nitrogen and oxygen atoms in total. The van der Waals surface area contributed by atoms with Crippen molar-refractivity contribution < 1.29 is 47.7 Å². The second kappa shape index (κ2) is 21.4. The molecule has 1 N–H and O–H groups in total. The molecule has 2 atom stereocenters. The van der Waals surface area contributed by atoms with Crippen molar-refractivity contribution in [3.8, 4) is 11.3 Å². The molecule has 3 heterocycles. The minimum Gasteiger partial charge on any atom is -0.461 e. The average molecular weight is 974 g/mol. The largest absolute Gasteiger partial charge is 0.461 e. The Kier molecular flexibility index (Phi) is 16.9. The molecule has 1 saturated carbocycles. The van der Waals surface area contributed by atoms with Crippen LogP contribution in [-0.4, -0.2) is 109 Å². The van der Waals surface area contributed by atoms with Crippen molar-refractivity contribution in [2.24, 2.45) is 0 Å². The Morgan fingerprint density at radius 1 is 0.761 bits per heavy atom. The van der Waals surface area contributed by atoms with Crippen molar-refractivity contribution in [1.82, 2.24) is 30.0 Å². The highest BCUT2D eigenvalue weighted by Crippen LogP contribution is 2.36. The SMILES string of the molecule is CC(C)(C)OC(=O)N(Cc1c(Cl)cccc1Cl)c1nc(-c2cnn(CCNC3CCN(C(=O)OC(C)(C)C)[C@@H](C(=O)OC4CCCC4)C3)c2)cnc1N(C(=O)OC(C)(C)C)C(=O)OC(C)(C)C. The molecule has 3 aromatic rings. The first-order valence-electron chi connectivity index (χ1n) is 22.6. The van der Waals surface area contributed by atoms with Gasteiger partial charge in [0.15, 0.2) is 11.6 Å². The number of imide groups is 1. The molecule has 67 heavy (non-hydrogen) atoms. The summed E-state index contributed by atoms with van der Waals surface area (Å²) < 4.78 is 30.4. The highest BCUT2D eigenvalue weighted by molar-refractivity contribution is 6.36. The number of anilines is 2. The predicted molar refractivity (Wildman–Crippen MR) is 253 cm³/mol. The van der Waals surface area contributed by atoms with Crippen molar-refractivity contribution in [2.75, 3.05) is 22.9 Å². The van der Waals surface area contributed by atoms with Crippen molar-refractivity contribution in [3.63, 3.8) is 0 Å². The maximum Gasteiger partial charge on any atom is 0.425 e. The lowest BCUT2D eigenvalue weighted by Crippen LogP contribution is -2.56. The maximum absolute atomic E-state index is 14.3. The molecule has 5 rings (SSSR count). The molecule has 2 aromatic heterocycles. The highest BCUT2D eigenvalue weighted by Gasteiger charge is 2.41. The first-order chi connectivity index (χ1) is 31.1. The monoisotopic (exact) mass is 972 g/mol. The van der Waals surface area contributed by atoms with Crippen LogP contribution in [0, 0.1) is 0 Å². The number of amides is 4. The molecular formula is C47H66Cl2N8O10. The quantitative estimate of drug-likeness (QED) is 0.141. The lowest BCUT2D eigenvalue weighted by molar-refractivity contribution is -0.156. The van der Waals surface area contributed by atoms with E-state index in [-0.39, 0.29) is 40.2 Å². The Morgan fingerprint density at radius 3 is 1.90 bits per heavy atom. The second-order valence-corrected chi connectivity index (χ2v) is 21.5. The maximum atomic E-state index is 14.3. The van der Waals surface area contributed by atoms with Gasteiger partial charge in [-0.25, -0.2) is 33.9 Å². The van der Waals surface area contributed by atoms with E-state index in [4.69, 9.17) is 51.9 Å². The molecule has 2 aliphatic rings. The molecule has 2 fully saturated rings. The number of likely N-dealkylation sites (tertiary alicyclic amines) is 1. The first kappa shape index (κ1) is 52.8. The number of benzene rings is 1. The van der Waals surface area contributed by atoms with Gasteiger partial charge in [0.05, 0.1) is 31.2 Å². The molecule has 0 spiro atoms. The van der Waals surface area contributed by atoms with E-state index in [1.165, 1.54) is 11.1 Å². The van der Waals surface area contributed by atoms with Crippen molar-refractivity contribution in [1.29, 1.82) is 0 Å². The van der Waals surface area contributed by atoms with Gasteiger partial charge in [0.25, 0.3) is 0 Å². The van der Waals surface area contributed by atoms with Gasteiger partial charge >= 0.3 is 30.3 Å². The summed E-state index contributed by atoms with van der Waals surface area (Å²) in [6, 6.07) is 3.94. The molecular weight excluding hydrogens is 907 g/mol. The molecule has 1 aliphatic heterocycles. The van der Waals surface area contributed by atoms with Crippen molar-refractivity contribution in [3.05, 3.63) is 52.4 Å². The van der Waals surface area contributed by atoms with E-state index in [1.54, 1.807) is 118 Å². The fraction of sp³-hybridized carbons (Fsp3) is 0.617. The zero-order valence-electron chi connectivity index (χ0n) is 40.7. The molecule has 4 amide bonds. The lowest BCUT2D eigenvalue weighted by Gasteiger charge is -2.39. The molecule has 0 radical (unpaired) electrons. The number of ether oxygens (including phenoxy) is 5. The Hall–Kier alpha value is -5.20. The number of aromatic nitrogens is 4. The van der Waals surface area contributed by atoms with Gasteiger partial charge in [-0.05, 0) is 134 Å². The third kappa shape index (κ3) is 15.4. The van der Waals surface area contributed by atoms with E-state index in [9.17, 15) is 24.0 Å². The van der Waals surface area contributed by atoms with E-state index in [1.807, 2.05) is 0 Å². The van der Waals surface area contributed by atoms with E-state index in [0.717, 1.165) is 30.6 Å². The van der Waals surface area contributed by atoms with Gasteiger partial charge in [0, 0.05) is 46.5 Å².